The predicted octanol–water partition coefficient (Wildman–Crippen LogP) is 3.26. The van der Waals surface area contributed by atoms with Crippen molar-refractivity contribution in [2.24, 2.45) is 0 Å². The number of halogens is 2. The summed E-state index contributed by atoms with van der Waals surface area (Å²) in [7, 11) is 0. The minimum atomic E-state index is -0.592. The van der Waals surface area contributed by atoms with E-state index in [0.717, 1.165) is 0 Å². The lowest BCUT2D eigenvalue weighted by Crippen LogP contribution is -2.16. The van der Waals surface area contributed by atoms with Gasteiger partial charge in [0.05, 0.1) is 5.02 Å². The highest BCUT2D eigenvalue weighted by atomic mass is 35.5. The Bertz CT molecular complexity index is 326. The zero-order chi connectivity index (χ0) is 10.6. The van der Waals surface area contributed by atoms with Crippen LogP contribution in [-0.4, -0.2) is 12.4 Å². The molecule has 0 bridgehead atoms. The van der Waals surface area contributed by atoms with E-state index in [4.69, 9.17) is 27.9 Å². The molecule has 2 nitrogen and oxygen atoms in total. The summed E-state index contributed by atoms with van der Waals surface area (Å²) in [6.07, 6.45) is 1.73. The number of rotatable bonds is 4. The standard InChI is InChI=1S/C10H9Cl2O2/c1-2-7(6-13)14-9-5-3-4-8(11)10(9)12/h3-5,7H,2H2,1H3. The molecule has 0 N–H and O–H groups in total. The van der Waals surface area contributed by atoms with Crippen molar-refractivity contribution in [1.82, 2.24) is 0 Å². The van der Waals surface area contributed by atoms with E-state index in [2.05, 4.69) is 0 Å². The molecule has 0 aliphatic heterocycles. The van der Waals surface area contributed by atoms with Crippen LogP contribution in [0, 0.1) is 0 Å². The second-order valence-electron chi connectivity index (χ2n) is 2.68. The zero-order valence-corrected chi connectivity index (χ0v) is 9.10. The number of benzene rings is 1. The molecule has 0 aliphatic carbocycles. The molecule has 1 rings (SSSR count). The smallest absolute Gasteiger partial charge is 0.242 e. The minimum Gasteiger partial charge on any atom is -0.481 e. The Labute approximate surface area is 92.8 Å². The summed E-state index contributed by atoms with van der Waals surface area (Å²) in [6, 6.07) is 5.03. The van der Waals surface area contributed by atoms with Crippen LogP contribution in [0.1, 0.15) is 13.3 Å². The Hall–Kier alpha value is -0.730. The van der Waals surface area contributed by atoms with Gasteiger partial charge in [0.25, 0.3) is 0 Å². The summed E-state index contributed by atoms with van der Waals surface area (Å²) >= 11 is 11.6. The van der Waals surface area contributed by atoms with Gasteiger partial charge in [0.1, 0.15) is 10.8 Å². The zero-order valence-electron chi connectivity index (χ0n) is 7.59. The van der Waals surface area contributed by atoms with Crippen LogP contribution in [0.2, 0.25) is 10.0 Å². The molecule has 1 aromatic rings. The highest BCUT2D eigenvalue weighted by Gasteiger charge is 2.11. The second kappa shape index (κ2) is 5.23. The van der Waals surface area contributed by atoms with E-state index in [1.54, 1.807) is 24.5 Å². The molecule has 75 valence electrons. The summed E-state index contributed by atoms with van der Waals surface area (Å²) in [6.45, 7) is 1.83. The van der Waals surface area contributed by atoms with Gasteiger partial charge in [-0.1, -0.05) is 36.2 Å². The highest BCUT2D eigenvalue weighted by molar-refractivity contribution is 6.42. The quantitative estimate of drug-likeness (QED) is 0.796. The van der Waals surface area contributed by atoms with E-state index < -0.39 is 6.10 Å². The van der Waals surface area contributed by atoms with Crippen LogP contribution >= 0.6 is 23.2 Å². The Balaban J connectivity index is 2.85. The molecule has 1 aromatic carbocycles. The van der Waals surface area contributed by atoms with Crippen LogP contribution < -0.4 is 4.74 Å². The SMILES string of the molecule is CCC([C]=O)Oc1cccc(Cl)c1Cl. The van der Waals surface area contributed by atoms with E-state index in [-0.39, 0.29) is 0 Å². The first-order valence-corrected chi connectivity index (χ1v) is 4.93. The van der Waals surface area contributed by atoms with Crippen LogP contribution in [0.5, 0.6) is 5.75 Å². The number of carbonyl (C=O) groups excluding carboxylic acids is 1. The molecule has 0 aromatic heterocycles. The first kappa shape index (κ1) is 11.3. The first-order valence-electron chi connectivity index (χ1n) is 4.17. The third kappa shape index (κ3) is 2.63. The van der Waals surface area contributed by atoms with E-state index >= 15 is 0 Å². The van der Waals surface area contributed by atoms with Crippen molar-refractivity contribution in [3.05, 3.63) is 28.2 Å². The van der Waals surface area contributed by atoms with Gasteiger partial charge in [0.15, 0.2) is 6.10 Å². The van der Waals surface area contributed by atoms with Crippen molar-refractivity contribution in [3.8, 4) is 5.75 Å². The average Bonchev–Trinajstić information content (AvgIpc) is 2.20. The van der Waals surface area contributed by atoms with Gasteiger partial charge in [-0.3, -0.25) is 4.79 Å². The highest BCUT2D eigenvalue weighted by Crippen LogP contribution is 2.32. The molecular weight excluding hydrogens is 223 g/mol. The lowest BCUT2D eigenvalue weighted by atomic mass is 10.3. The van der Waals surface area contributed by atoms with Crippen molar-refractivity contribution in [2.45, 2.75) is 19.4 Å². The first-order chi connectivity index (χ1) is 6.69. The topological polar surface area (TPSA) is 26.3 Å². The molecule has 4 heteroatoms. The van der Waals surface area contributed by atoms with E-state index in [1.807, 2.05) is 6.92 Å². The van der Waals surface area contributed by atoms with Crippen molar-refractivity contribution in [2.75, 3.05) is 0 Å². The fraction of sp³-hybridized carbons (Fsp3) is 0.300. The third-order valence-corrected chi connectivity index (χ3v) is 2.49. The van der Waals surface area contributed by atoms with Gasteiger partial charge in [-0.25, -0.2) is 0 Å². The number of hydrogen-bond acceptors (Lipinski definition) is 2. The van der Waals surface area contributed by atoms with Gasteiger partial charge in [-0.15, -0.1) is 0 Å². The largest absolute Gasteiger partial charge is 0.481 e. The summed E-state index contributed by atoms with van der Waals surface area (Å²) < 4.78 is 5.28. The summed E-state index contributed by atoms with van der Waals surface area (Å²) in [5, 5.41) is 0.729. The Morgan fingerprint density at radius 1 is 1.50 bits per heavy atom. The van der Waals surface area contributed by atoms with Gasteiger partial charge >= 0.3 is 0 Å². The summed E-state index contributed by atoms with van der Waals surface area (Å²) in [5.41, 5.74) is 0. The molecule has 0 heterocycles. The fourth-order valence-corrected chi connectivity index (χ4v) is 1.26. The van der Waals surface area contributed by atoms with E-state index in [1.165, 1.54) is 0 Å². The number of hydrogen-bond donors (Lipinski definition) is 0. The van der Waals surface area contributed by atoms with Crippen LogP contribution in [0.25, 0.3) is 0 Å². The van der Waals surface area contributed by atoms with Gasteiger partial charge < -0.3 is 4.74 Å². The maximum absolute atomic E-state index is 10.4. The van der Waals surface area contributed by atoms with E-state index in [0.29, 0.717) is 22.2 Å². The average molecular weight is 232 g/mol. The normalized spacial score (nSPS) is 12.2. The fourth-order valence-electron chi connectivity index (χ4n) is 0.919. The predicted molar refractivity (Wildman–Crippen MR) is 56.9 cm³/mol. The molecule has 14 heavy (non-hydrogen) atoms. The van der Waals surface area contributed by atoms with Crippen LogP contribution in [0.15, 0.2) is 18.2 Å². The molecular formula is C10H9Cl2O2. The summed E-state index contributed by atoms with van der Waals surface area (Å²) in [5.74, 6) is 0.411. The monoisotopic (exact) mass is 231 g/mol. The summed E-state index contributed by atoms with van der Waals surface area (Å²) in [4.78, 5) is 10.4. The Morgan fingerprint density at radius 3 is 2.79 bits per heavy atom. The number of ether oxygens (including phenoxy) is 1. The third-order valence-electron chi connectivity index (χ3n) is 1.69. The van der Waals surface area contributed by atoms with Gasteiger partial charge in [0.2, 0.25) is 6.29 Å². The molecule has 0 saturated heterocycles. The van der Waals surface area contributed by atoms with Crippen LogP contribution in [0.3, 0.4) is 0 Å². The minimum absolute atomic E-state index is 0.322. The molecule has 0 fully saturated rings. The van der Waals surface area contributed by atoms with Gasteiger partial charge in [-0.2, -0.15) is 0 Å². The molecule has 1 atom stereocenters. The molecule has 1 unspecified atom stereocenters. The van der Waals surface area contributed by atoms with Crippen molar-refractivity contribution < 1.29 is 9.53 Å². The molecule has 0 amide bonds. The van der Waals surface area contributed by atoms with E-state index in [9.17, 15) is 4.79 Å². The molecule has 0 aliphatic rings. The second-order valence-corrected chi connectivity index (χ2v) is 3.47. The molecule has 1 radical (unpaired) electrons. The van der Waals surface area contributed by atoms with Crippen molar-refractivity contribution in [1.29, 1.82) is 0 Å². The molecule has 0 spiro atoms. The van der Waals surface area contributed by atoms with Crippen LogP contribution in [0.4, 0.5) is 0 Å². The molecule has 0 saturated carbocycles. The Morgan fingerprint density at radius 2 is 2.21 bits per heavy atom. The van der Waals surface area contributed by atoms with Crippen molar-refractivity contribution in [3.63, 3.8) is 0 Å². The lowest BCUT2D eigenvalue weighted by molar-refractivity contribution is 0.255. The van der Waals surface area contributed by atoms with Crippen molar-refractivity contribution >= 4 is 29.5 Å². The van der Waals surface area contributed by atoms with Crippen LogP contribution in [-0.2, 0) is 4.79 Å². The van der Waals surface area contributed by atoms with Gasteiger partial charge in [-0.05, 0) is 18.6 Å². The maximum Gasteiger partial charge on any atom is 0.242 e. The van der Waals surface area contributed by atoms with Gasteiger partial charge in [0, 0.05) is 0 Å². The maximum atomic E-state index is 10.4. The Kier molecular flexibility index (Phi) is 4.23. The lowest BCUT2D eigenvalue weighted by Gasteiger charge is -2.12.